The van der Waals surface area contributed by atoms with Crippen molar-refractivity contribution in [2.45, 2.75) is 11.8 Å². The highest BCUT2D eigenvalue weighted by atomic mass is 32.2. The third-order valence-electron chi connectivity index (χ3n) is 3.22. The Labute approximate surface area is 145 Å². The quantitative estimate of drug-likeness (QED) is 0.569. The molecule has 0 aliphatic heterocycles. The highest BCUT2D eigenvalue weighted by molar-refractivity contribution is 7.99. The number of nitrogens with one attached hydrogen (secondary N) is 1. The molecule has 0 aliphatic rings. The van der Waals surface area contributed by atoms with Gasteiger partial charge in [0.25, 0.3) is 5.91 Å². The fraction of sp³-hybridized carbons (Fsp3) is 0.222. The van der Waals surface area contributed by atoms with E-state index in [-0.39, 0.29) is 12.5 Å². The number of nitrogens with two attached hydrogens (primary N) is 1. The van der Waals surface area contributed by atoms with Crippen molar-refractivity contribution >= 4 is 23.6 Å². The van der Waals surface area contributed by atoms with Crippen LogP contribution in [-0.2, 0) is 4.79 Å². The zero-order valence-corrected chi connectivity index (χ0v) is 14.3. The van der Waals surface area contributed by atoms with Gasteiger partial charge in [0.05, 0.1) is 0 Å². The number of benzene rings is 2. The molecule has 0 saturated carbocycles. The standard InChI is InChI=1S/C18H20N2O3S/c1-13-2-8-16(9-3-13)24-11-10-20-17(21)12-23-15-6-4-14(5-7-15)18(19)22/h2-9H,10-12H2,1H3,(H2,19,22)(H,20,21). The molecule has 126 valence electrons. The Kier molecular flexibility index (Phi) is 6.69. The molecule has 5 nitrogen and oxygen atoms in total. The lowest BCUT2D eigenvalue weighted by Crippen LogP contribution is -2.30. The number of amides is 2. The fourth-order valence-corrected chi connectivity index (χ4v) is 2.68. The van der Waals surface area contributed by atoms with Crippen LogP contribution in [0.15, 0.2) is 53.4 Å². The Morgan fingerprint density at radius 1 is 1.08 bits per heavy atom. The summed E-state index contributed by atoms with van der Waals surface area (Å²) in [6.45, 7) is 2.56. The Morgan fingerprint density at radius 2 is 1.75 bits per heavy atom. The second-order valence-electron chi connectivity index (χ2n) is 5.19. The van der Waals surface area contributed by atoms with Gasteiger partial charge in [-0.3, -0.25) is 9.59 Å². The van der Waals surface area contributed by atoms with Crippen LogP contribution in [0.3, 0.4) is 0 Å². The van der Waals surface area contributed by atoms with Crippen LogP contribution in [0.1, 0.15) is 15.9 Å². The highest BCUT2D eigenvalue weighted by Gasteiger charge is 2.04. The summed E-state index contributed by atoms with van der Waals surface area (Å²) in [4.78, 5) is 23.9. The van der Waals surface area contributed by atoms with Gasteiger partial charge in [0.1, 0.15) is 5.75 Å². The molecule has 0 bridgehead atoms. The molecule has 2 aromatic carbocycles. The molecule has 0 aromatic heterocycles. The number of primary amides is 1. The van der Waals surface area contributed by atoms with E-state index in [0.717, 1.165) is 5.75 Å². The van der Waals surface area contributed by atoms with Gasteiger partial charge in [-0.15, -0.1) is 11.8 Å². The summed E-state index contributed by atoms with van der Waals surface area (Å²) in [5.41, 5.74) is 6.79. The van der Waals surface area contributed by atoms with Crippen LogP contribution in [0.5, 0.6) is 5.75 Å². The SMILES string of the molecule is Cc1ccc(SCCNC(=O)COc2ccc(C(N)=O)cc2)cc1. The summed E-state index contributed by atoms with van der Waals surface area (Å²) in [5, 5.41) is 2.81. The first-order valence-electron chi connectivity index (χ1n) is 7.53. The Morgan fingerprint density at radius 3 is 2.38 bits per heavy atom. The summed E-state index contributed by atoms with van der Waals surface area (Å²) in [6, 6.07) is 14.6. The predicted octanol–water partition coefficient (Wildman–Crippen LogP) is 2.38. The van der Waals surface area contributed by atoms with Crippen molar-refractivity contribution in [1.82, 2.24) is 5.32 Å². The second kappa shape index (κ2) is 8.98. The van der Waals surface area contributed by atoms with Crippen LogP contribution in [0.4, 0.5) is 0 Å². The molecule has 0 aliphatic carbocycles. The van der Waals surface area contributed by atoms with E-state index in [0.29, 0.717) is 17.9 Å². The molecule has 2 aromatic rings. The summed E-state index contributed by atoms with van der Waals surface area (Å²) in [6.07, 6.45) is 0. The molecule has 0 spiro atoms. The minimum Gasteiger partial charge on any atom is -0.484 e. The van der Waals surface area contributed by atoms with Crippen LogP contribution in [0.2, 0.25) is 0 Å². The molecule has 0 atom stereocenters. The van der Waals surface area contributed by atoms with Crippen molar-refractivity contribution in [1.29, 1.82) is 0 Å². The topological polar surface area (TPSA) is 81.4 Å². The molecule has 3 N–H and O–H groups in total. The van der Waals surface area contributed by atoms with Gasteiger partial charge in [0.15, 0.2) is 6.61 Å². The molecule has 24 heavy (non-hydrogen) atoms. The zero-order valence-electron chi connectivity index (χ0n) is 13.5. The van der Waals surface area contributed by atoms with Gasteiger partial charge in [-0.05, 0) is 43.3 Å². The number of hydrogen-bond acceptors (Lipinski definition) is 4. The number of aryl methyl sites for hydroxylation is 1. The molecule has 0 heterocycles. The summed E-state index contributed by atoms with van der Waals surface area (Å²) in [7, 11) is 0. The number of carbonyl (C=O) groups is 2. The van der Waals surface area contributed by atoms with E-state index in [1.807, 2.05) is 0 Å². The maximum Gasteiger partial charge on any atom is 0.257 e. The van der Waals surface area contributed by atoms with Crippen molar-refractivity contribution in [3.8, 4) is 5.75 Å². The largest absolute Gasteiger partial charge is 0.484 e. The van der Waals surface area contributed by atoms with E-state index in [2.05, 4.69) is 36.5 Å². The first-order chi connectivity index (χ1) is 11.5. The summed E-state index contributed by atoms with van der Waals surface area (Å²) in [5.74, 6) is 0.635. The summed E-state index contributed by atoms with van der Waals surface area (Å²) >= 11 is 1.69. The molecule has 2 amide bonds. The van der Waals surface area contributed by atoms with Crippen molar-refractivity contribution in [3.05, 3.63) is 59.7 Å². The van der Waals surface area contributed by atoms with Gasteiger partial charge in [-0.2, -0.15) is 0 Å². The molecule has 0 unspecified atom stereocenters. The van der Waals surface area contributed by atoms with Crippen LogP contribution < -0.4 is 15.8 Å². The maximum atomic E-state index is 11.7. The van der Waals surface area contributed by atoms with Crippen LogP contribution >= 0.6 is 11.8 Å². The predicted molar refractivity (Wildman–Crippen MR) is 95.4 cm³/mol. The average molecular weight is 344 g/mol. The minimum absolute atomic E-state index is 0.0644. The Bertz CT molecular complexity index is 684. The van der Waals surface area contributed by atoms with Crippen LogP contribution in [0, 0.1) is 6.92 Å². The van der Waals surface area contributed by atoms with Gasteiger partial charge < -0.3 is 15.8 Å². The van der Waals surface area contributed by atoms with Gasteiger partial charge in [-0.1, -0.05) is 17.7 Å². The first-order valence-corrected chi connectivity index (χ1v) is 8.52. The van der Waals surface area contributed by atoms with Crippen LogP contribution in [-0.4, -0.2) is 30.7 Å². The third-order valence-corrected chi connectivity index (χ3v) is 4.24. The van der Waals surface area contributed by atoms with Gasteiger partial charge in [0, 0.05) is 22.8 Å². The fourth-order valence-electron chi connectivity index (χ4n) is 1.91. The van der Waals surface area contributed by atoms with E-state index < -0.39 is 5.91 Å². The second-order valence-corrected chi connectivity index (χ2v) is 6.36. The lowest BCUT2D eigenvalue weighted by Gasteiger charge is -2.08. The van der Waals surface area contributed by atoms with Crippen molar-refractivity contribution in [3.63, 3.8) is 0 Å². The average Bonchev–Trinajstić information content (AvgIpc) is 2.59. The number of rotatable bonds is 8. The van der Waals surface area contributed by atoms with Crippen LogP contribution in [0.25, 0.3) is 0 Å². The molecular formula is C18H20N2O3S. The van der Waals surface area contributed by atoms with Gasteiger partial charge >= 0.3 is 0 Å². The molecule has 6 heteroatoms. The van der Waals surface area contributed by atoms with E-state index >= 15 is 0 Å². The molecule has 0 fully saturated rings. The van der Waals surface area contributed by atoms with E-state index in [9.17, 15) is 9.59 Å². The molecule has 0 radical (unpaired) electrons. The number of ether oxygens (including phenoxy) is 1. The lowest BCUT2D eigenvalue weighted by molar-refractivity contribution is -0.122. The Hall–Kier alpha value is -2.47. The number of thioether (sulfide) groups is 1. The van der Waals surface area contributed by atoms with E-state index in [4.69, 9.17) is 10.5 Å². The minimum atomic E-state index is -0.495. The van der Waals surface area contributed by atoms with E-state index in [1.165, 1.54) is 10.5 Å². The van der Waals surface area contributed by atoms with Crippen molar-refractivity contribution in [2.24, 2.45) is 5.73 Å². The Balaban J connectivity index is 1.64. The van der Waals surface area contributed by atoms with Gasteiger partial charge in [0.2, 0.25) is 5.91 Å². The number of carbonyl (C=O) groups excluding carboxylic acids is 2. The van der Waals surface area contributed by atoms with Crippen molar-refractivity contribution < 1.29 is 14.3 Å². The first kappa shape index (κ1) is 17.9. The maximum absolute atomic E-state index is 11.7. The monoisotopic (exact) mass is 344 g/mol. The number of hydrogen-bond donors (Lipinski definition) is 2. The molecule has 2 rings (SSSR count). The van der Waals surface area contributed by atoms with Gasteiger partial charge in [-0.25, -0.2) is 0 Å². The highest BCUT2D eigenvalue weighted by Crippen LogP contribution is 2.17. The zero-order chi connectivity index (χ0) is 17.4. The molecular weight excluding hydrogens is 324 g/mol. The lowest BCUT2D eigenvalue weighted by atomic mass is 10.2. The third kappa shape index (κ3) is 5.96. The van der Waals surface area contributed by atoms with E-state index in [1.54, 1.807) is 36.0 Å². The normalized spacial score (nSPS) is 10.2. The summed E-state index contributed by atoms with van der Waals surface area (Å²) < 4.78 is 5.36. The van der Waals surface area contributed by atoms with Crippen molar-refractivity contribution in [2.75, 3.05) is 18.9 Å². The molecule has 0 saturated heterocycles. The smallest absolute Gasteiger partial charge is 0.257 e.